The van der Waals surface area contributed by atoms with E-state index in [0.717, 1.165) is 29.7 Å². The van der Waals surface area contributed by atoms with Gasteiger partial charge in [0, 0.05) is 19.3 Å². The van der Waals surface area contributed by atoms with Crippen LogP contribution in [0.15, 0.2) is 16.7 Å². The highest BCUT2D eigenvalue weighted by atomic mass is 79.9. The second-order valence-corrected chi connectivity index (χ2v) is 5.58. The minimum absolute atomic E-state index is 0.594. The molecule has 0 saturated carbocycles. The third-order valence-electron chi connectivity index (χ3n) is 3.04. The lowest BCUT2D eigenvalue weighted by molar-refractivity contribution is 0.0446. The Morgan fingerprint density at radius 3 is 3.00 bits per heavy atom. The summed E-state index contributed by atoms with van der Waals surface area (Å²) >= 11 is 3.57. The van der Waals surface area contributed by atoms with Crippen molar-refractivity contribution in [3.63, 3.8) is 0 Å². The Labute approximate surface area is 105 Å². The van der Waals surface area contributed by atoms with E-state index in [4.69, 9.17) is 0 Å². The van der Waals surface area contributed by atoms with E-state index < -0.39 is 5.60 Å². The second kappa shape index (κ2) is 4.34. The summed E-state index contributed by atoms with van der Waals surface area (Å²) in [4.78, 5) is 6.55. The maximum Gasteiger partial charge on any atom is 0.143 e. The second-order valence-electron chi connectivity index (χ2n) is 4.79. The van der Waals surface area contributed by atoms with Gasteiger partial charge in [-0.15, -0.1) is 0 Å². The van der Waals surface area contributed by atoms with Gasteiger partial charge in [0.05, 0.1) is 10.1 Å². The number of β-amino-alcohol motifs (C(OH)–C–C–N with tert-alkyl or cyclic N) is 1. The molecule has 1 aromatic heterocycles. The number of halogens is 1. The molecule has 88 valence electrons. The average Bonchev–Trinajstić information content (AvgIpc) is 2.20. The zero-order chi connectivity index (χ0) is 11.8. The summed E-state index contributed by atoms with van der Waals surface area (Å²) in [5.74, 6) is 0.944. The van der Waals surface area contributed by atoms with Gasteiger partial charge in [-0.05, 0) is 54.2 Å². The first-order valence-corrected chi connectivity index (χ1v) is 6.37. The highest BCUT2D eigenvalue weighted by Gasteiger charge is 2.29. The van der Waals surface area contributed by atoms with Gasteiger partial charge in [-0.1, -0.05) is 0 Å². The van der Waals surface area contributed by atoms with Crippen molar-refractivity contribution in [1.29, 1.82) is 0 Å². The Morgan fingerprint density at radius 2 is 2.31 bits per heavy atom. The number of hydrogen-bond acceptors (Lipinski definition) is 3. The first kappa shape index (κ1) is 11.9. The molecule has 0 radical (unpaired) electrons. The molecule has 1 atom stereocenters. The standard InChI is InChI=1S/C12H17BrN2O/c1-9-4-6-14-11(10(9)13)15-7-3-5-12(2,16)8-15/h4,6,16H,3,5,7-8H2,1-2H3. The van der Waals surface area contributed by atoms with Gasteiger partial charge in [-0.2, -0.15) is 0 Å². The summed E-state index contributed by atoms with van der Waals surface area (Å²) in [7, 11) is 0. The van der Waals surface area contributed by atoms with Gasteiger partial charge < -0.3 is 10.0 Å². The predicted molar refractivity (Wildman–Crippen MR) is 68.7 cm³/mol. The number of piperidine rings is 1. The van der Waals surface area contributed by atoms with Crippen LogP contribution < -0.4 is 4.90 Å². The summed E-state index contributed by atoms with van der Waals surface area (Å²) in [6, 6.07) is 1.98. The third-order valence-corrected chi connectivity index (χ3v) is 4.02. The molecule has 1 fully saturated rings. The first-order valence-electron chi connectivity index (χ1n) is 5.58. The highest BCUT2D eigenvalue weighted by molar-refractivity contribution is 9.10. The van der Waals surface area contributed by atoms with Crippen molar-refractivity contribution < 1.29 is 5.11 Å². The number of aryl methyl sites for hydroxylation is 1. The molecule has 1 N–H and O–H groups in total. The number of aromatic nitrogens is 1. The molecular weight excluding hydrogens is 268 g/mol. The Bertz CT molecular complexity index is 393. The molecule has 2 rings (SSSR count). The van der Waals surface area contributed by atoms with Crippen molar-refractivity contribution in [2.24, 2.45) is 0 Å². The molecule has 16 heavy (non-hydrogen) atoms. The summed E-state index contributed by atoms with van der Waals surface area (Å²) in [6.07, 6.45) is 3.70. The third kappa shape index (κ3) is 2.38. The van der Waals surface area contributed by atoms with Gasteiger partial charge in [0.1, 0.15) is 5.82 Å². The summed E-state index contributed by atoms with van der Waals surface area (Å²) < 4.78 is 1.03. The SMILES string of the molecule is Cc1ccnc(N2CCCC(C)(O)C2)c1Br. The van der Waals surface area contributed by atoms with Crippen LogP contribution >= 0.6 is 15.9 Å². The summed E-state index contributed by atoms with van der Waals surface area (Å²) in [6.45, 7) is 5.56. The van der Waals surface area contributed by atoms with Crippen molar-refractivity contribution in [3.8, 4) is 0 Å². The smallest absolute Gasteiger partial charge is 0.143 e. The van der Waals surface area contributed by atoms with Crippen LogP contribution in [0.5, 0.6) is 0 Å². The van der Waals surface area contributed by atoms with Gasteiger partial charge >= 0.3 is 0 Å². The van der Waals surface area contributed by atoms with Gasteiger partial charge in [0.2, 0.25) is 0 Å². The molecule has 1 aliphatic heterocycles. The number of anilines is 1. The van der Waals surface area contributed by atoms with E-state index in [1.165, 1.54) is 5.56 Å². The van der Waals surface area contributed by atoms with E-state index in [1.807, 2.05) is 19.2 Å². The van der Waals surface area contributed by atoms with Gasteiger partial charge in [-0.3, -0.25) is 0 Å². The van der Waals surface area contributed by atoms with Crippen molar-refractivity contribution in [2.75, 3.05) is 18.0 Å². The van der Waals surface area contributed by atoms with Crippen molar-refractivity contribution >= 4 is 21.7 Å². The van der Waals surface area contributed by atoms with Crippen LogP contribution in [0.2, 0.25) is 0 Å². The average molecular weight is 285 g/mol. The van der Waals surface area contributed by atoms with E-state index in [9.17, 15) is 5.11 Å². The number of rotatable bonds is 1. The molecule has 2 heterocycles. The molecule has 0 aliphatic carbocycles. The lowest BCUT2D eigenvalue weighted by atomic mass is 9.95. The minimum Gasteiger partial charge on any atom is -0.388 e. The Morgan fingerprint density at radius 1 is 1.56 bits per heavy atom. The van der Waals surface area contributed by atoms with Crippen molar-refractivity contribution in [2.45, 2.75) is 32.3 Å². The molecule has 0 aromatic carbocycles. The summed E-state index contributed by atoms with van der Waals surface area (Å²) in [5, 5.41) is 10.1. The number of aliphatic hydroxyl groups is 1. The quantitative estimate of drug-likeness (QED) is 0.861. The first-order chi connectivity index (χ1) is 7.49. The summed E-state index contributed by atoms with van der Waals surface area (Å²) in [5.41, 5.74) is 0.582. The van der Waals surface area contributed by atoms with Crippen LogP contribution in [-0.2, 0) is 0 Å². The van der Waals surface area contributed by atoms with E-state index in [1.54, 1.807) is 0 Å². The van der Waals surface area contributed by atoms with Gasteiger partial charge in [0.25, 0.3) is 0 Å². The molecule has 0 bridgehead atoms. The molecule has 1 aromatic rings. The fourth-order valence-corrected chi connectivity index (χ4v) is 2.63. The van der Waals surface area contributed by atoms with Crippen molar-refractivity contribution in [3.05, 3.63) is 22.3 Å². The number of pyridine rings is 1. The topological polar surface area (TPSA) is 36.4 Å². The molecule has 0 amide bonds. The lowest BCUT2D eigenvalue weighted by Crippen LogP contribution is -2.46. The van der Waals surface area contributed by atoms with Gasteiger partial charge in [0.15, 0.2) is 0 Å². The van der Waals surface area contributed by atoms with Gasteiger partial charge in [-0.25, -0.2) is 4.98 Å². The van der Waals surface area contributed by atoms with Crippen LogP contribution in [-0.4, -0.2) is 28.8 Å². The monoisotopic (exact) mass is 284 g/mol. The molecule has 4 heteroatoms. The van der Waals surface area contributed by atoms with E-state index in [-0.39, 0.29) is 0 Å². The normalized spacial score (nSPS) is 25.9. The molecule has 1 unspecified atom stereocenters. The fraction of sp³-hybridized carbons (Fsp3) is 0.583. The zero-order valence-corrected chi connectivity index (χ0v) is 11.3. The molecule has 1 aliphatic rings. The largest absolute Gasteiger partial charge is 0.388 e. The van der Waals surface area contributed by atoms with Crippen LogP contribution in [0.3, 0.4) is 0 Å². The minimum atomic E-state index is -0.594. The molecular formula is C12H17BrN2O. The van der Waals surface area contributed by atoms with Crippen LogP contribution in [0, 0.1) is 6.92 Å². The maximum atomic E-state index is 10.1. The highest BCUT2D eigenvalue weighted by Crippen LogP contribution is 2.31. The Kier molecular flexibility index (Phi) is 3.22. The lowest BCUT2D eigenvalue weighted by Gasteiger charge is -2.38. The molecule has 3 nitrogen and oxygen atoms in total. The number of nitrogens with zero attached hydrogens (tertiary/aromatic N) is 2. The Balaban J connectivity index is 2.27. The zero-order valence-electron chi connectivity index (χ0n) is 9.70. The number of hydrogen-bond donors (Lipinski definition) is 1. The maximum absolute atomic E-state index is 10.1. The Hall–Kier alpha value is -0.610. The fourth-order valence-electron chi connectivity index (χ4n) is 2.15. The molecule has 1 saturated heterocycles. The van der Waals surface area contributed by atoms with E-state index in [0.29, 0.717) is 6.54 Å². The molecule has 0 spiro atoms. The predicted octanol–water partition coefficient (Wildman–Crippen LogP) is 2.50. The van der Waals surface area contributed by atoms with E-state index in [2.05, 4.69) is 32.7 Å². The van der Waals surface area contributed by atoms with Crippen molar-refractivity contribution in [1.82, 2.24) is 4.98 Å². The van der Waals surface area contributed by atoms with Crippen LogP contribution in [0.4, 0.5) is 5.82 Å². The van der Waals surface area contributed by atoms with E-state index >= 15 is 0 Å². The van der Waals surface area contributed by atoms with Crippen LogP contribution in [0.25, 0.3) is 0 Å². The van der Waals surface area contributed by atoms with Crippen LogP contribution in [0.1, 0.15) is 25.3 Å².